The summed E-state index contributed by atoms with van der Waals surface area (Å²) in [6, 6.07) is 13.8. The molecule has 0 bridgehead atoms. The molecule has 1 heterocycles. The zero-order chi connectivity index (χ0) is 18.0. The van der Waals surface area contributed by atoms with Crippen molar-refractivity contribution in [2.45, 2.75) is 5.22 Å². The van der Waals surface area contributed by atoms with Gasteiger partial charge in [0.05, 0.1) is 0 Å². The van der Waals surface area contributed by atoms with Crippen molar-refractivity contribution in [3.05, 3.63) is 48.5 Å². The number of nitrogens with one attached hydrogen (secondary N) is 1. The second-order valence-corrected chi connectivity index (χ2v) is 7.56. The van der Waals surface area contributed by atoms with Gasteiger partial charge in [0.1, 0.15) is 11.3 Å². The van der Waals surface area contributed by atoms with Crippen LogP contribution in [0.1, 0.15) is 0 Å². The molecule has 3 rings (SSSR count). The molecule has 7 nitrogen and oxygen atoms in total. The monoisotopic (exact) mass is 359 g/mol. The fraction of sp³-hybridized carbons (Fsp3) is 0.176. The van der Waals surface area contributed by atoms with Gasteiger partial charge in [-0.05, 0) is 36.4 Å². The SMILES string of the molecule is CN(C)c1ccc(NC(=O)CS(=O)(=O)c2nc3ccccc3o2)cc1. The molecule has 1 N–H and O–H groups in total. The number of benzene rings is 2. The number of aromatic nitrogens is 1. The van der Waals surface area contributed by atoms with Crippen molar-refractivity contribution in [1.82, 2.24) is 4.98 Å². The Bertz CT molecular complexity index is 975. The van der Waals surface area contributed by atoms with Gasteiger partial charge >= 0.3 is 5.22 Å². The average molecular weight is 359 g/mol. The van der Waals surface area contributed by atoms with Gasteiger partial charge in [-0.3, -0.25) is 4.79 Å². The highest BCUT2D eigenvalue weighted by Crippen LogP contribution is 2.20. The standard InChI is InChI=1S/C17H17N3O4S/c1-20(2)13-9-7-12(8-10-13)18-16(21)11-25(22,23)17-19-14-5-3-4-6-15(14)24-17/h3-10H,11H2,1-2H3,(H,18,21). The van der Waals surface area contributed by atoms with Crippen molar-refractivity contribution in [2.24, 2.45) is 0 Å². The van der Waals surface area contributed by atoms with E-state index in [0.717, 1.165) is 5.69 Å². The number of hydrogen-bond donors (Lipinski definition) is 1. The van der Waals surface area contributed by atoms with E-state index < -0.39 is 26.7 Å². The first kappa shape index (κ1) is 17.0. The molecule has 0 aliphatic heterocycles. The molecule has 8 heteroatoms. The van der Waals surface area contributed by atoms with Gasteiger partial charge in [0.15, 0.2) is 5.58 Å². The number of rotatable bonds is 5. The van der Waals surface area contributed by atoms with Crippen molar-refractivity contribution in [2.75, 3.05) is 30.1 Å². The average Bonchev–Trinajstić information content (AvgIpc) is 3.00. The molecule has 0 saturated carbocycles. The quantitative estimate of drug-likeness (QED) is 0.751. The normalized spacial score (nSPS) is 11.4. The molecular weight excluding hydrogens is 342 g/mol. The summed E-state index contributed by atoms with van der Waals surface area (Å²) in [4.78, 5) is 17.9. The van der Waals surface area contributed by atoms with Crippen LogP contribution in [0, 0.1) is 0 Å². The Morgan fingerprint density at radius 1 is 1.12 bits per heavy atom. The largest absolute Gasteiger partial charge is 0.428 e. The molecule has 0 saturated heterocycles. The first-order chi connectivity index (χ1) is 11.8. The highest BCUT2D eigenvalue weighted by atomic mass is 32.2. The maximum Gasteiger partial charge on any atom is 0.316 e. The van der Waals surface area contributed by atoms with Crippen molar-refractivity contribution in [3.8, 4) is 0 Å². The van der Waals surface area contributed by atoms with Crippen LogP contribution in [0.5, 0.6) is 0 Å². The Balaban J connectivity index is 1.72. The van der Waals surface area contributed by atoms with Crippen LogP contribution in [0.25, 0.3) is 11.1 Å². The summed E-state index contributed by atoms with van der Waals surface area (Å²) in [5.41, 5.74) is 2.28. The van der Waals surface area contributed by atoms with Crippen LogP contribution in [-0.2, 0) is 14.6 Å². The van der Waals surface area contributed by atoms with Gasteiger partial charge in [0.25, 0.3) is 0 Å². The van der Waals surface area contributed by atoms with Crippen LogP contribution in [0.3, 0.4) is 0 Å². The summed E-state index contributed by atoms with van der Waals surface area (Å²) in [7, 11) is -0.155. The molecule has 0 unspecified atom stereocenters. The van der Waals surface area contributed by atoms with Crippen LogP contribution >= 0.6 is 0 Å². The number of carbonyl (C=O) groups excluding carboxylic acids is 1. The molecular formula is C17H17N3O4S. The van der Waals surface area contributed by atoms with Crippen molar-refractivity contribution >= 4 is 38.2 Å². The zero-order valence-corrected chi connectivity index (χ0v) is 14.6. The van der Waals surface area contributed by atoms with Gasteiger partial charge in [0.2, 0.25) is 15.7 Å². The zero-order valence-electron chi connectivity index (χ0n) is 13.8. The lowest BCUT2D eigenvalue weighted by Crippen LogP contribution is -2.23. The van der Waals surface area contributed by atoms with Gasteiger partial charge in [0, 0.05) is 25.5 Å². The van der Waals surface area contributed by atoms with Gasteiger partial charge in [-0.25, -0.2) is 8.42 Å². The molecule has 130 valence electrons. The van der Waals surface area contributed by atoms with E-state index in [1.165, 1.54) is 0 Å². The third kappa shape index (κ3) is 3.80. The number of anilines is 2. The molecule has 0 fully saturated rings. The first-order valence-electron chi connectivity index (χ1n) is 7.51. The van der Waals surface area contributed by atoms with E-state index in [-0.39, 0.29) is 0 Å². The maximum absolute atomic E-state index is 12.3. The second kappa shape index (κ2) is 6.56. The summed E-state index contributed by atoms with van der Waals surface area (Å²) < 4.78 is 29.9. The Kier molecular flexibility index (Phi) is 4.45. The number of sulfone groups is 1. The van der Waals surface area contributed by atoms with Gasteiger partial charge in [-0.15, -0.1) is 0 Å². The lowest BCUT2D eigenvalue weighted by atomic mass is 10.2. The topological polar surface area (TPSA) is 92.5 Å². The van der Waals surface area contributed by atoms with Crippen molar-refractivity contribution in [3.63, 3.8) is 0 Å². The molecule has 1 amide bonds. The molecule has 0 radical (unpaired) electrons. The van der Waals surface area contributed by atoms with Crippen LogP contribution in [0.15, 0.2) is 58.2 Å². The number of nitrogens with zero attached hydrogens (tertiary/aromatic N) is 2. The minimum Gasteiger partial charge on any atom is -0.428 e. The third-order valence-electron chi connectivity index (χ3n) is 3.53. The van der Waals surface area contributed by atoms with Crippen molar-refractivity contribution in [1.29, 1.82) is 0 Å². The number of para-hydroxylation sites is 2. The summed E-state index contributed by atoms with van der Waals surface area (Å²) in [5.74, 6) is -1.39. The molecule has 0 spiro atoms. The van der Waals surface area contributed by atoms with Crippen molar-refractivity contribution < 1.29 is 17.6 Å². The molecule has 2 aromatic carbocycles. The Morgan fingerprint density at radius 3 is 2.44 bits per heavy atom. The Morgan fingerprint density at radius 2 is 1.80 bits per heavy atom. The van der Waals surface area contributed by atoms with E-state index in [0.29, 0.717) is 16.8 Å². The minimum atomic E-state index is -3.96. The van der Waals surface area contributed by atoms with Crippen LogP contribution < -0.4 is 10.2 Å². The number of hydrogen-bond acceptors (Lipinski definition) is 6. The number of fused-ring (bicyclic) bond motifs is 1. The van der Waals surface area contributed by atoms with Gasteiger partial charge in [-0.2, -0.15) is 4.98 Å². The third-order valence-corrected chi connectivity index (χ3v) is 4.88. The molecule has 0 atom stereocenters. The summed E-state index contributed by atoms with van der Waals surface area (Å²) in [5, 5.41) is 2.11. The Hall–Kier alpha value is -2.87. The van der Waals surface area contributed by atoms with Crippen LogP contribution in [0.4, 0.5) is 11.4 Å². The smallest absolute Gasteiger partial charge is 0.316 e. The van der Waals surface area contributed by atoms with Crippen LogP contribution in [0.2, 0.25) is 0 Å². The van der Waals surface area contributed by atoms with E-state index in [1.807, 2.05) is 31.1 Å². The maximum atomic E-state index is 12.3. The van der Waals surface area contributed by atoms with E-state index >= 15 is 0 Å². The predicted octanol–water partition coefficient (Wildman–Crippen LogP) is 2.31. The van der Waals surface area contributed by atoms with E-state index in [4.69, 9.17) is 4.42 Å². The molecule has 0 aliphatic rings. The van der Waals surface area contributed by atoms with Gasteiger partial charge < -0.3 is 14.6 Å². The Labute approximate surface area is 145 Å². The molecule has 25 heavy (non-hydrogen) atoms. The second-order valence-electron chi connectivity index (χ2n) is 5.70. The predicted molar refractivity (Wildman–Crippen MR) is 95.5 cm³/mol. The fourth-order valence-electron chi connectivity index (χ4n) is 2.26. The summed E-state index contributed by atoms with van der Waals surface area (Å²) in [6.07, 6.45) is 0. The molecule has 1 aromatic heterocycles. The van der Waals surface area contributed by atoms with E-state index in [2.05, 4.69) is 10.3 Å². The summed E-state index contributed by atoms with van der Waals surface area (Å²) >= 11 is 0. The number of carbonyl (C=O) groups is 1. The molecule has 0 aliphatic carbocycles. The van der Waals surface area contributed by atoms with E-state index in [9.17, 15) is 13.2 Å². The van der Waals surface area contributed by atoms with E-state index in [1.54, 1.807) is 36.4 Å². The number of oxazole rings is 1. The highest BCUT2D eigenvalue weighted by molar-refractivity contribution is 7.91. The van der Waals surface area contributed by atoms with Crippen LogP contribution in [-0.4, -0.2) is 39.2 Å². The number of amides is 1. The highest BCUT2D eigenvalue weighted by Gasteiger charge is 2.25. The fourth-order valence-corrected chi connectivity index (χ4v) is 3.25. The lowest BCUT2D eigenvalue weighted by Gasteiger charge is -2.12. The van der Waals surface area contributed by atoms with Gasteiger partial charge in [-0.1, -0.05) is 12.1 Å². The summed E-state index contributed by atoms with van der Waals surface area (Å²) in [6.45, 7) is 0. The minimum absolute atomic E-state index is 0.362. The first-order valence-corrected chi connectivity index (χ1v) is 9.16. The molecule has 3 aromatic rings. The lowest BCUT2D eigenvalue weighted by molar-refractivity contribution is -0.113.